The number of benzene rings is 2. The average molecular weight is 381 g/mol. The molecule has 6 nitrogen and oxygen atoms in total. The van der Waals surface area contributed by atoms with E-state index in [0.29, 0.717) is 54.9 Å². The predicted molar refractivity (Wildman–Crippen MR) is 95.9 cm³/mol. The van der Waals surface area contributed by atoms with Crippen molar-refractivity contribution in [3.8, 4) is 0 Å². The molecule has 0 bridgehead atoms. The van der Waals surface area contributed by atoms with Crippen LogP contribution in [0.5, 0.6) is 0 Å². The number of nitrogens with zero attached hydrogens (tertiary/aromatic N) is 2. The Morgan fingerprint density at radius 1 is 1.24 bits per heavy atom. The molecule has 2 aromatic carbocycles. The first-order chi connectivity index (χ1) is 12.0. The van der Waals surface area contributed by atoms with Gasteiger partial charge in [0.2, 0.25) is 10.0 Å². The highest BCUT2D eigenvalue weighted by molar-refractivity contribution is 7.89. The molecule has 0 unspecified atom stereocenters. The Kier molecular flexibility index (Phi) is 3.99. The summed E-state index contributed by atoms with van der Waals surface area (Å²) < 4.78 is 32.9. The molecule has 0 saturated carbocycles. The summed E-state index contributed by atoms with van der Waals surface area (Å²) in [4.78, 5) is 14.3. The van der Waals surface area contributed by atoms with Gasteiger partial charge in [-0.3, -0.25) is 4.79 Å². The fraction of sp³-hybridized carbons (Fsp3) is 0.353. The van der Waals surface area contributed by atoms with Gasteiger partial charge in [0.15, 0.2) is 0 Å². The van der Waals surface area contributed by atoms with Crippen molar-refractivity contribution in [1.82, 2.24) is 4.31 Å². The van der Waals surface area contributed by atoms with Crippen LogP contribution in [0.25, 0.3) is 10.8 Å². The number of hydrogen-bond acceptors (Lipinski definition) is 4. The van der Waals surface area contributed by atoms with Gasteiger partial charge in [-0.1, -0.05) is 23.7 Å². The number of ether oxygens (including phenoxy) is 1. The third-order valence-corrected chi connectivity index (χ3v) is 6.93. The van der Waals surface area contributed by atoms with Crippen molar-refractivity contribution in [3.63, 3.8) is 0 Å². The number of anilines is 1. The standard InChI is InChI=1S/C17H17ClN2O4S/c1-2-20-16-13(18)10-14(25(22,23)19-6-8-24-9-7-19)11-4-3-5-12(15(11)16)17(20)21/h3-5,10H,2,6-9H2,1H3. The molecule has 1 saturated heterocycles. The number of sulfonamides is 1. The van der Waals surface area contributed by atoms with Crippen molar-refractivity contribution in [2.45, 2.75) is 11.8 Å². The van der Waals surface area contributed by atoms with Crippen LogP contribution in [0.3, 0.4) is 0 Å². The molecule has 1 fully saturated rings. The third kappa shape index (κ3) is 2.38. The minimum atomic E-state index is -3.72. The van der Waals surface area contributed by atoms with Crippen molar-refractivity contribution in [2.75, 3.05) is 37.7 Å². The monoisotopic (exact) mass is 380 g/mol. The first-order valence-electron chi connectivity index (χ1n) is 8.11. The molecule has 1 amide bonds. The Bertz CT molecular complexity index is 984. The molecule has 2 aliphatic heterocycles. The molecule has 0 radical (unpaired) electrons. The number of amides is 1. The third-order valence-electron chi connectivity index (χ3n) is 4.70. The minimum Gasteiger partial charge on any atom is -0.379 e. The Morgan fingerprint density at radius 2 is 1.96 bits per heavy atom. The molecule has 8 heteroatoms. The van der Waals surface area contributed by atoms with E-state index in [-0.39, 0.29) is 15.8 Å². The first kappa shape index (κ1) is 16.8. The topological polar surface area (TPSA) is 66.9 Å². The second-order valence-electron chi connectivity index (χ2n) is 6.00. The van der Waals surface area contributed by atoms with Crippen molar-refractivity contribution < 1.29 is 17.9 Å². The van der Waals surface area contributed by atoms with Crippen molar-refractivity contribution in [3.05, 3.63) is 34.9 Å². The van der Waals surface area contributed by atoms with Crippen LogP contribution in [0.1, 0.15) is 17.3 Å². The maximum absolute atomic E-state index is 13.1. The fourth-order valence-corrected chi connectivity index (χ4v) is 5.52. The van der Waals surface area contributed by atoms with Gasteiger partial charge in [0.1, 0.15) is 0 Å². The predicted octanol–water partition coefficient (Wildman–Crippen LogP) is 2.49. The van der Waals surface area contributed by atoms with Gasteiger partial charge in [0.25, 0.3) is 5.91 Å². The summed E-state index contributed by atoms with van der Waals surface area (Å²) >= 11 is 6.42. The maximum Gasteiger partial charge on any atom is 0.259 e. The smallest absolute Gasteiger partial charge is 0.259 e. The zero-order valence-electron chi connectivity index (χ0n) is 13.7. The molecular formula is C17H17ClN2O4S. The number of carbonyl (C=O) groups excluding carboxylic acids is 1. The SMILES string of the molecule is CCN1C(=O)c2cccc3c(S(=O)(=O)N4CCOCC4)cc(Cl)c1c23. The van der Waals surface area contributed by atoms with Crippen LogP contribution >= 0.6 is 11.6 Å². The summed E-state index contributed by atoms with van der Waals surface area (Å²) in [6.07, 6.45) is 0. The molecule has 2 aromatic rings. The molecule has 25 heavy (non-hydrogen) atoms. The van der Waals surface area contributed by atoms with E-state index in [1.54, 1.807) is 23.1 Å². The largest absolute Gasteiger partial charge is 0.379 e. The van der Waals surface area contributed by atoms with E-state index in [0.717, 1.165) is 0 Å². The quantitative estimate of drug-likeness (QED) is 0.820. The van der Waals surface area contributed by atoms with Crippen LogP contribution in [-0.4, -0.2) is 51.5 Å². The number of rotatable bonds is 3. The molecule has 2 heterocycles. The second kappa shape index (κ2) is 5.95. The summed E-state index contributed by atoms with van der Waals surface area (Å²) in [5.74, 6) is -0.147. The van der Waals surface area contributed by atoms with Crippen LogP contribution in [0.2, 0.25) is 5.02 Å². The lowest BCUT2D eigenvalue weighted by Crippen LogP contribution is -2.40. The minimum absolute atomic E-state index is 0.144. The van der Waals surface area contributed by atoms with Crippen LogP contribution in [0.4, 0.5) is 5.69 Å². The summed E-state index contributed by atoms with van der Waals surface area (Å²) in [6.45, 7) is 3.70. The summed E-state index contributed by atoms with van der Waals surface area (Å²) in [6, 6.07) is 6.63. The van der Waals surface area contributed by atoms with Crippen LogP contribution in [0.15, 0.2) is 29.2 Å². The van der Waals surface area contributed by atoms with Gasteiger partial charge < -0.3 is 9.64 Å². The molecule has 4 rings (SSSR count). The number of hydrogen-bond donors (Lipinski definition) is 0. The molecular weight excluding hydrogens is 364 g/mol. The van der Waals surface area contributed by atoms with E-state index < -0.39 is 10.0 Å². The Hall–Kier alpha value is -1.67. The normalized spacial score (nSPS) is 18.3. The average Bonchev–Trinajstić information content (AvgIpc) is 2.92. The number of morpholine rings is 1. The zero-order valence-corrected chi connectivity index (χ0v) is 15.2. The number of carbonyl (C=O) groups is 1. The lowest BCUT2D eigenvalue weighted by atomic mass is 10.1. The molecule has 0 aromatic heterocycles. The van der Waals surface area contributed by atoms with Crippen LogP contribution in [0, 0.1) is 0 Å². The molecule has 132 valence electrons. The Labute approximate surface area is 151 Å². The van der Waals surface area contributed by atoms with E-state index in [2.05, 4.69) is 0 Å². The molecule has 0 N–H and O–H groups in total. The van der Waals surface area contributed by atoms with Crippen molar-refractivity contribution in [2.24, 2.45) is 0 Å². The molecule has 0 spiro atoms. The Morgan fingerprint density at radius 3 is 2.64 bits per heavy atom. The van der Waals surface area contributed by atoms with Crippen molar-refractivity contribution in [1.29, 1.82) is 0 Å². The van der Waals surface area contributed by atoms with Gasteiger partial charge in [-0.2, -0.15) is 4.31 Å². The zero-order chi connectivity index (χ0) is 17.8. The highest BCUT2D eigenvalue weighted by Crippen LogP contribution is 2.45. The van der Waals surface area contributed by atoms with Gasteiger partial charge in [-0.15, -0.1) is 0 Å². The molecule has 2 aliphatic rings. The first-order valence-corrected chi connectivity index (χ1v) is 9.93. The molecule has 0 atom stereocenters. The van der Waals surface area contributed by atoms with E-state index in [9.17, 15) is 13.2 Å². The lowest BCUT2D eigenvalue weighted by molar-refractivity contribution is 0.0730. The highest BCUT2D eigenvalue weighted by Gasteiger charge is 2.35. The van der Waals surface area contributed by atoms with Gasteiger partial charge >= 0.3 is 0 Å². The van der Waals surface area contributed by atoms with E-state index in [4.69, 9.17) is 16.3 Å². The summed E-state index contributed by atoms with van der Waals surface area (Å²) in [7, 11) is -3.72. The van der Waals surface area contributed by atoms with E-state index >= 15 is 0 Å². The van der Waals surface area contributed by atoms with Gasteiger partial charge in [-0.05, 0) is 19.1 Å². The Balaban J connectivity index is 1.99. The van der Waals surface area contributed by atoms with Gasteiger partial charge in [0.05, 0.1) is 28.8 Å². The number of halogens is 1. The fourth-order valence-electron chi connectivity index (χ4n) is 3.52. The lowest BCUT2D eigenvalue weighted by Gasteiger charge is -2.27. The van der Waals surface area contributed by atoms with Crippen LogP contribution < -0.4 is 4.90 Å². The van der Waals surface area contributed by atoms with Crippen molar-refractivity contribution >= 4 is 44.0 Å². The second-order valence-corrected chi connectivity index (χ2v) is 8.31. The van der Waals surface area contributed by atoms with E-state index in [1.165, 1.54) is 10.4 Å². The maximum atomic E-state index is 13.1. The summed E-state index contributed by atoms with van der Waals surface area (Å²) in [5, 5.41) is 1.43. The van der Waals surface area contributed by atoms with Gasteiger partial charge in [0, 0.05) is 36.0 Å². The van der Waals surface area contributed by atoms with E-state index in [1.807, 2.05) is 6.92 Å². The summed E-state index contributed by atoms with van der Waals surface area (Å²) in [5.41, 5.74) is 1.09. The van der Waals surface area contributed by atoms with Crippen LogP contribution in [-0.2, 0) is 14.8 Å². The molecule has 0 aliphatic carbocycles. The van der Waals surface area contributed by atoms with Gasteiger partial charge in [-0.25, -0.2) is 8.42 Å². The highest BCUT2D eigenvalue weighted by atomic mass is 35.5.